The molecule has 14 heteroatoms. The number of rotatable bonds is 13. The maximum atomic E-state index is 13.8. The van der Waals surface area contributed by atoms with Gasteiger partial charge in [-0.1, -0.05) is 37.3 Å². The summed E-state index contributed by atoms with van der Waals surface area (Å²) >= 11 is 1.45. The van der Waals surface area contributed by atoms with E-state index in [0.29, 0.717) is 17.6 Å². The molecule has 2 bridgehead atoms. The Bertz CT molecular complexity index is 1570. The van der Waals surface area contributed by atoms with Crippen LogP contribution in [0.25, 0.3) is 0 Å². The Kier molecular flexibility index (Phi) is 11.5. The highest BCUT2D eigenvalue weighted by molar-refractivity contribution is 8.00. The Labute approximate surface area is 301 Å². The number of pyridine rings is 1. The van der Waals surface area contributed by atoms with Crippen molar-refractivity contribution in [3.05, 3.63) is 53.1 Å². The molecule has 2 fully saturated rings. The lowest BCUT2D eigenvalue weighted by Crippen LogP contribution is -2.53. The van der Waals surface area contributed by atoms with Crippen molar-refractivity contribution in [2.75, 3.05) is 5.75 Å². The van der Waals surface area contributed by atoms with Crippen LogP contribution in [0.5, 0.6) is 0 Å². The summed E-state index contributed by atoms with van der Waals surface area (Å²) in [7, 11) is 0. The van der Waals surface area contributed by atoms with Gasteiger partial charge in [-0.2, -0.15) is 0 Å². The monoisotopic (exact) mass is 724 g/mol. The summed E-state index contributed by atoms with van der Waals surface area (Å²) in [5.74, 6) is -3.44. The molecule has 1 aromatic heterocycles. The summed E-state index contributed by atoms with van der Waals surface area (Å²) < 4.78 is 6.36. The maximum Gasteiger partial charge on any atom is 0.353 e. The Morgan fingerprint density at radius 3 is 2.41 bits per heavy atom. The first-order valence-electron chi connectivity index (χ1n) is 18.1. The molecule has 2 heterocycles. The number of carbonyl (C=O) groups is 5. The van der Waals surface area contributed by atoms with Crippen LogP contribution in [0, 0.1) is 29.1 Å². The molecular formula is C37H48N4O9S. The van der Waals surface area contributed by atoms with E-state index < -0.39 is 48.0 Å². The average molecular weight is 725 g/mol. The van der Waals surface area contributed by atoms with Gasteiger partial charge in [-0.05, 0) is 97.8 Å². The number of aromatic nitrogens is 1. The van der Waals surface area contributed by atoms with Gasteiger partial charge in [0.1, 0.15) is 23.8 Å². The van der Waals surface area contributed by atoms with Gasteiger partial charge < -0.3 is 36.4 Å². The molecule has 7 N–H and O–H groups in total. The third kappa shape index (κ3) is 8.18. The molecule has 1 aliphatic heterocycles. The standard InChI is InChI=1S/C37H48N4O9S/c38-26(34(45)46)7-8-28(42)40-27(32(43)41-33(44)35(47)48)19-51-31-30-29-23(16-20-3-5-24(6-4-20)37(31)11-1-2-12-37)17-22(18-25(29)36(49)50-30)15-21-9-13-39-14-10-21/h9-10,13-14,18,20,23-27,31,33,44H,1-8,11-12,15-17,19,38H2,(H,40,42)(H,41,43)(H,45,46)(H,47,48)/t20?,23-,24?,25+,26-,27-,31-,33-/m0/s1. The highest BCUT2D eigenvalue weighted by atomic mass is 32.2. The van der Waals surface area contributed by atoms with Crippen LogP contribution in [0.2, 0.25) is 0 Å². The Hall–Kier alpha value is -3.75. The Morgan fingerprint density at radius 1 is 1.04 bits per heavy atom. The average Bonchev–Trinajstić information content (AvgIpc) is 3.73. The van der Waals surface area contributed by atoms with Gasteiger partial charge in [0.15, 0.2) is 0 Å². The van der Waals surface area contributed by atoms with Crippen molar-refractivity contribution >= 4 is 41.5 Å². The number of carbonyl (C=O) groups excluding carboxylic acids is 3. The molecule has 0 saturated heterocycles. The molecule has 0 radical (unpaired) electrons. The number of carboxylic acid groups (broad SMARTS) is 2. The SMILES string of the molecule is N[C@@H](CCC(=O)N[C@@H](CS[C@H]1C2=C3[C@H](CC(Cc4ccncc4)=C[C@H]3C(=O)O2)CC2CCC(CC2)C12CCCC2)C(=O)N[C@@H](O)C(=O)O)C(=O)O. The predicted molar refractivity (Wildman–Crippen MR) is 187 cm³/mol. The first-order valence-corrected chi connectivity index (χ1v) is 19.1. The van der Waals surface area contributed by atoms with Crippen LogP contribution in [0.1, 0.15) is 82.6 Å². The normalized spacial score (nSPS) is 28.2. The summed E-state index contributed by atoms with van der Waals surface area (Å²) in [6.07, 6.45) is 13.9. The van der Waals surface area contributed by atoms with E-state index in [-0.39, 0.29) is 41.1 Å². The van der Waals surface area contributed by atoms with Gasteiger partial charge in [-0.15, -0.1) is 11.8 Å². The van der Waals surface area contributed by atoms with Gasteiger partial charge >= 0.3 is 17.9 Å². The van der Waals surface area contributed by atoms with Gasteiger partial charge in [0.2, 0.25) is 18.0 Å². The molecule has 6 aliphatic rings. The smallest absolute Gasteiger partial charge is 0.353 e. The summed E-state index contributed by atoms with van der Waals surface area (Å²) in [4.78, 5) is 67.0. The minimum atomic E-state index is -2.19. The van der Waals surface area contributed by atoms with E-state index in [1.54, 1.807) is 12.4 Å². The van der Waals surface area contributed by atoms with Crippen molar-refractivity contribution in [2.24, 2.45) is 34.8 Å². The van der Waals surface area contributed by atoms with E-state index in [2.05, 4.69) is 21.7 Å². The van der Waals surface area contributed by atoms with Gasteiger partial charge in [0.05, 0.1) is 5.25 Å². The number of aliphatic hydroxyl groups is 1. The first-order chi connectivity index (χ1) is 24.4. The van der Waals surface area contributed by atoms with E-state index in [1.807, 2.05) is 12.1 Å². The number of esters is 1. The molecule has 0 unspecified atom stereocenters. The minimum absolute atomic E-state index is 0.00343. The lowest BCUT2D eigenvalue weighted by Gasteiger charge is -2.48. The van der Waals surface area contributed by atoms with Crippen LogP contribution in [-0.2, 0) is 35.1 Å². The number of fused-ring (bicyclic) bond motifs is 2. The van der Waals surface area contributed by atoms with Crippen molar-refractivity contribution < 1.29 is 44.0 Å². The van der Waals surface area contributed by atoms with E-state index in [4.69, 9.17) is 15.6 Å². The van der Waals surface area contributed by atoms with Crippen LogP contribution >= 0.6 is 11.8 Å². The summed E-state index contributed by atoms with van der Waals surface area (Å²) in [6.45, 7) is 0. The number of nitrogens with two attached hydrogens (primary N) is 1. The van der Waals surface area contributed by atoms with Crippen molar-refractivity contribution in [3.8, 4) is 0 Å². The zero-order chi connectivity index (χ0) is 36.3. The number of nitrogens with one attached hydrogen (secondary N) is 2. The topological polar surface area (TPSA) is 218 Å². The van der Waals surface area contributed by atoms with Crippen LogP contribution in [-0.4, -0.2) is 79.3 Å². The largest absolute Gasteiger partial charge is 0.480 e. The first kappa shape index (κ1) is 37.0. The molecule has 51 heavy (non-hydrogen) atoms. The molecule has 276 valence electrons. The second-order valence-electron chi connectivity index (χ2n) is 14.9. The lowest BCUT2D eigenvalue weighted by atomic mass is 9.60. The number of thioether (sulfide) groups is 1. The third-order valence-electron chi connectivity index (χ3n) is 11.8. The molecule has 0 aromatic carbocycles. The highest BCUT2D eigenvalue weighted by Gasteiger charge is 2.55. The summed E-state index contributed by atoms with van der Waals surface area (Å²) in [5, 5.41) is 32.7. The molecular weight excluding hydrogens is 676 g/mol. The molecule has 2 saturated carbocycles. The number of aliphatic carboxylic acids is 2. The molecule has 6 atom stereocenters. The van der Waals surface area contributed by atoms with Crippen molar-refractivity contribution in [1.29, 1.82) is 0 Å². The van der Waals surface area contributed by atoms with E-state index in [0.717, 1.165) is 81.8 Å². The van der Waals surface area contributed by atoms with Gasteiger partial charge in [-0.3, -0.25) is 24.2 Å². The number of ether oxygens (including phenoxy) is 1. The summed E-state index contributed by atoms with van der Waals surface area (Å²) in [5.41, 5.74) is 8.78. The number of carboxylic acids is 2. The van der Waals surface area contributed by atoms with E-state index in [9.17, 15) is 34.2 Å². The lowest BCUT2D eigenvalue weighted by molar-refractivity contribution is -0.151. The van der Waals surface area contributed by atoms with Crippen LogP contribution in [0.15, 0.2) is 47.5 Å². The molecule has 13 nitrogen and oxygen atoms in total. The number of nitrogens with zero attached hydrogens (tertiary/aromatic N) is 1. The van der Waals surface area contributed by atoms with Gasteiger partial charge in [-0.25, -0.2) is 4.79 Å². The fourth-order valence-corrected chi connectivity index (χ4v) is 11.0. The van der Waals surface area contributed by atoms with E-state index >= 15 is 0 Å². The number of hydrogen-bond acceptors (Lipinski definition) is 10. The quantitative estimate of drug-likeness (QED) is 0.0983. The number of hydrogen-bond donors (Lipinski definition) is 6. The van der Waals surface area contributed by atoms with Gasteiger partial charge in [0, 0.05) is 24.6 Å². The van der Waals surface area contributed by atoms with Gasteiger partial charge in [0.25, 0.3) is 0 Å². The minimum Gasteiger partial charge on any atom is -0.480 e. The number of amides is 2. The molecule has 5 aliphatic carbocycles. The Balaban J connectivity index is 1.34. The Morgan fingerprint density at radius 2 is 1.75 bits per heavy atom. The summed E-state index contributed by atoms with van der Waals surface area (Å²) in [6, 6.07) is 1.45. The zero-order valence-corrected chi connectivity index (χ0v) is 29.4. The van der Waals surface area contributed by atoms with Crippen LogP contribution < -0.4 is 16.4 Å². The fourth-order valence-electron chi connectivity index (χ4n) is 9.31. The molecule has 7 rings (SSSR count). The van der Waals surface area contributed by atoms with Crippen LogP contribution in [0.3, 0.4) is 0 Å². The van der Waals surface area contributed by atoms with Crippen LogP contribution in [0.4, 0.5) is 0 Å². The predicted octanol–water partition coefficient (Wildman–Crippen LogP) is 3.07. The maximum absolute atomic E-state index is 13.8. The highest BCUT2D eigenvalue weighted by Crippen LogP contribution is 2.61. The second-order valence-corrected chi connectivity index (χ2v) is 16.1. The fraction of sp³-hybridized carbons (Fsp3) is 0.622. The molecule has 1 aromatic rings. The van der Waals surface area contributed by atoms with Crippen molar-refractivity contribution in [1.82, 2.24) is 15.6 Å². The second kappa shape index (κ2) is 15.9. The van der Waals surface area contributed by atoms with Crippen molar-refractivity contribution in [2.45, 2.75) is 107 Å². The molecule has 1 spiro atoms. The number of aliphatic hydroxyl groups excluding tert-OH is 1. The third-order valence-corrected chi connectivity index (χ3v) is 13.3. The molecule has 2 amide bonds. The van der Waals surface area contributed by atoms with E-state index in [1.165, 1.54) is 17.3 Å². The number of allylic oxidation sites excluding steroid dienone is 1. The van der Waals surface area contributed by atoms with Crippen molar-refractivity contribution in [3.63, 3.8) is 0 Å². The zero-order valence-electron chi connectivity index (χ0n) is 28.6.